The number of hydrogen-bond donors (Lipinski definition) is 1. The van der Waals surface area contributed by atoms with Crippen molar-refractivity contribution in [2.45, 2.75) is 13.0 Å². The molecule has 2 rings (SSSR count). The Labute approximate surface area is 158 Å². The van der Waals surface area contributed by atoms with E-state index in [2.05, 4.69) is 69.4 Å². The maximum Gasteiger partial charge on any atom is 0.173 e. The van der Waals surface area contributed by atoms with Crippen molar-refractivity contribution in [3.05, 3.63) is 64.6 Å². The van der Waals surface area contributed by atoms with Crippen LogP contribution in [0.4, 0.5) is 5.69 Å². The van der Waals surface area contributed by atoms with Gasteiger partial charge in [-0.1, -0.05) is 52.3 Å². The van der Waals surface area contributed by atoms with Gasteiger partial charge in [0.1, 0.15) is 0 Å². The standard InChI is InChI=1S/C19H24BrN3S/c1-22(2)12-7-13-23(15-16-8-4-3-5-9-16)19(24)21-18-11-6-10-17(20)14-18/h3-6,8-11,14H,7,12-13,15H2,1-2H3,(H,21,24). The van der Waals surface area contributed by atoms with E-state index in [0.29, 0.717) is 0 Å². The molecule has 0 unspecified atom stereocenters. The molecule has 0 aliphatic rings. The molecule has 5 heteroatoms. The Hall–Kier alpha value is -1.43. The van der Waals surface area contributed by atoms with Gasteiger partial charge in [-0.15, -0.1) is 0 Å². The molecule has 3 nitrogen and oxygen atoms in total. The largest absolute Gasteiger partial charge is 0.345 e. The van der Waals surface area contributed by atoms with Crippen molar-refractivity contribution in [2.24, 2.45) is 0 Å². The van der Waals surface area contributed by atoms with Gasteiger partial charge in [0, 0.05) is 23.2 Å². The van der Waals surface area contributed by atoms with E-state index in [4.69, 9.17) is 12.2 Å². The van der Waals surface area contributed by atoms with Crippen molar-refractivity contribution in [2.75, 3.05) is 32.5 Å². The van der Waals surface area contributed by atoms with Crippen LogP contribution in [0.5, 0.6) is 0 Å². The summed E-state index contributed by atoms with van der Waals surface area (Å²) in [4.78, 5) is 4.43. The quantitative estimate of drug-likeness (QED) is 0.678. The number of thiocarbonyl (C=S) groups is 1. The summed E-state index contributed by atoms with van der Waals surface area (Å²) in [6.07, 6.45) is 1.07. The Morgan fingerprint density at radius 2 is 1.79 bits per heavy atom. The highest BCUT2D eigenvalue weighted by Crippen LogP contribution is 2.17. The molecule has 0 aromatic heterocycles. The van der Waals surface area contributed by atoms with E-state index in [0.717, 1.165) is 41.3 Å². The number of rotatable bonds is 7. The Morgan fingerprint density at radius 1 is 1.04 bits per heavy atom. The molecule has 0 aliphatic heterocycles. The van der Waals surface area contributed by atoms with Crippen molar-refractivity contribution < 1.29 is 0 Å². The van der Waals surface area contributed by atoms with Gasteiger partial charge < -0.3 is 15.1 Å². The zero-order valence-corrected chi connectivity index (χ0v) is 16.6. The maximum absolute atomic E-state index is 5.66. The fraction of sp³-hybridized carbons (Fsp3) is 0.316. The predicted molar refractivity (Wildman–Crippen MR) is 110 cm³/mol. The lowest BCUT2D eigenvalue weighted by Crippen LogP contribution is -2.36. The van der Waals surface area contributed by atoms with E-state index in [1.165, 1.54) is 5.56 Å². The van der Waals surface area contributed by atoms with E-state index in [-0.39, 0.29) is 0 Å². The fourth-order valence-corrected chi connectivity index (χ4v) is 3.08. The normalized spacial score (nSPS) is 10.7. The number of halogens is 1. The van der Waals surface area contributed by atoms with Crippen LogP contribution >= 0.6 is 28.1 Å². The lowest BCUT2D eigenvalue weighted by Gasteiger charge is -2.27. The second kappa shape index (κ2) is 9.77. The Bertz CT molecular complexity index is 646. The van der Waals surface area contributed by atoms with Gasteiger partial charge in [0.05, 0.1) is 0 Å². The van der Waals surface area contributed by atoms with Gasteiger partial charge in [-0.25, -0.2) is 0 Å². The van der Waals surface area contributed by atoms with Crippen molar-refractivity contribution in [3.8, 4) is 0 Å². The zero-order chi connectivity index (χ0) is 17.4. The summed E-state index contributed by atoms with van der Waals surface area (Å²) in [5, 5.41) is 4.11. The number of hydrogen-bond acceptors (Lipinski definition) is 2. The summed E-state index contributed by atoms with van der Waals surface area (Å²) in [5.74, 6) is 0. The topological polar surface area (TPSA) is 18.5 Å². The molecule has 2 aromatic carbocycles. The lowest BCUT2D eigenvalue weighted by atomic mass is 10.2. The number of benzene rings is 2. The first kappa shape index (κ1) is 18.9. The molecule has 128 valence electrons. The summed E-state index contributed by atoms with van der Waals surface area (Å²) in [6, 6.07) is 18.5. The molecule has 0 fully saturated rings. The summed E-state index contributed by atoms with van der Waals surface area (Å²) < 4.78 is 1.04. The molecule has 0 bridgehead atoms. The van der Waals surface area contributed by atoms with Gasteiger partial charge in [0.15, 0.2) is 5.11 Å². The predicted octanol–water partition coefficient (Wildman–Crippen LogP) is 4.60. The van der Waals surface area contributed by atoms with Crippen LogP contribution in [-0.4, -0.2) is 42.1 Å². The minimum Gasteiger partial charge on any atom is -0.345 e. The molecule has 0 heterocycles. The van der Waals surface area contributed by atoms with E-state index in [1.807, 2.05) is 30.3 Å². The highest BCUT2D eigenvalue weighted by atomic mass is 79.9. The monoisotopic (exact) mass is 405 g/mol. The van der Waals surface area contributed by atoms with E-state index >= 15 is 0 Å². The molecule has 0 amide bonds. The van der Waals surface area contributed by atoms with Gasteiger partial charge in [-0.05, 0) is 63.0 Å². The molecule has 0 atom stereocenters. The molecule has 24 heavy (non-hydrogen) atoms. The van der Waals surface area contributed by atoms with Crippen molar-refractivity contribution in [1.29, 1.82) is 0 Å². The third-order valence-electron chi connectivity index (χ3n) is 3.61. The average molecular weight is 406 g/mol. The summed E-state index contributed by atoms with van der Waals surface area (Å²) in [6.45, 7) is 2.78. The lowest BCUT2D eigenvalue weighted by molar-refractivity contribution is 0.346. The first-order valence-corrected chi connectivity index (χ1v) is 9.25. The average Bonchev–Trinajstić information content (AvgIpc) is 2.54. The molecule has 1 N–H and O–H groups in total. The second-order valence-corrected chi connectivity index (χ2v) is 7.31. The van der Waals surface area contributed by atoms with Crippen molar-refractivity contribution >= 4 is 38.9 Å². The van der Waals surface area contributed by atoms with Gasteiger partial charge in [0.2, 0.25) is 0 Å². The number of anilines is 1. The first-order chi connectivity index (χ1) is 11.5. The minimum absolute atomic E-state index is 0.760. The molecular weight excluding hydrogens is 382 g/mol. The molecule has 0 spiro atoms. The third-order valence-corrected chi connectivity index (χ3v) is 4.47. The van der Waals surface area contributed by atoms with Crippen LogP contribution in [0.1, 0.15) is 12.0 Å². The van der Waals surface area contributed by atoms with Crippen LogP contribution < -0.4 is 5.32 Å². The Morgan fingerprint density at radius 3 is 2.46 bits per heavy atom. The Balaban J connectivity index is 2.03. The minimum atomic E-state index is 0.760. The van der Waals surface area contributed by atoms with Crippen LogP contribution in [0.2, 0.25) is 0 Å². The van der Waals surface area contributed by atoms with E-state index in [9.17, 15) is 0 Å². The summed E-state index contributed by atoms with van der Waals surface area (Å²) in [7, 11) is 4.19. The third kappa shape index (κ3) is 6.59. The van der Waals surface area contributed by atoms with Gasteiger partial charge in [-0.2, -0.15) is 0 Å². The molecule has 0 saturated carbocycles. The van der Waals surface area contributed by atoms with Crippen molar-refractivity contribution in [3.63, 3.8) is 0 Å². The highest BCUT2D eigenvalue weighted by molar-refractivity contribution is 9.10. The Kier molecular flexibility index (Phi) is 7.69. The maximum atomic E-state index is 5.66. The highest BCUT2D eigenvalue weighted by Gasteiger charge is 2.11. The van der Waals surface area contributed by atoms with Gasteiger partial charge >= 0.3 is 0 Å². The van der Waals surface area contributed by atoms with Gasteiger partial charge in [0.25, 0.3) is 0 Å². The van der Waals surface area contributed by atoms with Gasteiger partial charge in [-0.3, -0.25) is 0 Å². The van der Waals surface area contributed by atoms with Crippen LogP contribution in [-0.2, 0) is 6.54 Å². The van der Waals surface area contributed by atoms with E-state index < -0.39 is 0 Å². The van der Waals surface area contributed by atoms with Crippen LogP contribution in [0.25, 0.3) is 0 Å². The molecule has 0 saturated heterocycles. The summed E-state index contributed by atoms with van der Waals surface area (Å²) in [5.41, 5.74) is 2.26. The first-order valence-electron chi connectivity index (χ1n) is 8.05. The fourth-order valence-electron chi connectivity index (χ4n) is 2.40. The zero-order valence-electron chi connectivity index (χ0n) is 14.2. The van der Waals surface area contributed by atoms with Crippen LogP contribution in [0.3, 0.4) is 0 Å². The molecule has 0 aliphatic carbocycles. The van der Waals surface area contributed by atoms with E-state index in [1.54, 1.807) is 0 Å². The molecular formula is C19H24BrN3S. The second-order valence-electron chi connectivity index (χ2n) is 6.00. The van der Waals surface area contributed by atoms with Crippen molar-refractivity contribution in [1.82, 2.24) is 9.80 Å². The van der Waals surface area contributed by atoms with Crippen LogP contribution in [0, 0.1) is 0 Å². The number of nitrogens with one attached hydrogen (secondary N) is 1. The van der Waals surface area contributed by atoms with Crippen LogP contribution in [0.15, 0.2) is 59.1 Å². The SMILES string of the molecule is CN(C)CCCN(Cc1ccccc1)C(=S)Nc1cccc(Br)c1. The molecule has 2 aromatic rings. The number of nitrogens with zero attached hydrogens (tertiary/aromatic N) is 2. The summed E-state index contributed by atoms with van der Waals surface area (Å²) >= 11 is 9.16. The molecule has 0 radical (unpaired) electrons. The smallest absolute Gasteiger partial charge is 0.173 e.